The third-order valence-corrected chi connectivity index (χ3v) is 4.84. The Morgan fingerprint density at radius 2 is 1.87 bits per heavy atom. The molecule has 0 amide bonds. The molecule has 0 bridgehead atoms. The highest BCUT2D eigenvalue weighted by Crippen LogP contribution is 2.23. The minimum atomic E-state index is -3.31. The van der Waals surface area contributed by atoms with Gasteiger partial charge in [0.05, 0.1) is 4.90 Å². The summed E-state index contributed by atoms with van der Waals surface area (Å²) in [6.45, 7) is 1.82. The van der Waals surface area contributed by atoms with Crippen LogP contribution in [-0.2, 0) is 10.0 Å². The Balaban J connectivity index is 3.29. The van der Waals surface area contributed by atoms with Crippen molar-refractivity contribution < 1.29 is 8.42 Å². The molecular weight excluding hydrogens is 230 g/mol. The van der Waals surface area contributed by atoms with E-state index in [0.717, 1.165) is 10.5 Å². The highest BCUT2D eigenvalue weighted by Gasteiger charge is 2.19. The van der Waals surface area contributed by atoms with Crippen LogP contribution in [0, 0.1) is 6.92 Å². The first kappa shape index (κ1) is 12.5. The van der Waals surface area contributed by atoms with Gasteiger partial charge in [-0.25, -0.2) is 12.7 Å². The molecule has 3 nitrogen and oxygen atoms in total. The Bertz CT molecular complexity index is 452. The van der Waals surface area contributed by atoms with Gasteiger partial charge in [0, 0.05) is 19.0 Å². The van der Waals surface area contributed by atoms with Gasteiger partial charge in [-0.15, -0.1) is 11.8 Å². The van der Waals surface area contributed by atoms with E-state index in [1.807, 2.05) is 25.3 Å². The van der Waals surface area contributed by atoms with Crippen LogP contribution in [0.5, 0.6) is 0 Å². The molecule has 0 atom stereocenters. The number of sulfonamides is 1. The number of rotatable bonds is 3. The summed E-state index contributed by atoms with van der Waals surface area (Å²) in [6, 6.07) is 5.38. The van der Waals surface area contributed by atoms with E-state index in [4.69, 9.17) is 0 Å². The van der Waals surface area contributed by atoms with Crippen molar-refractivity contribution in [2.45, 2.75) is 16.7 Å². The summed E-state index contributed by atoms with van der Waals surface area (Å²) in [6.07, 6.45) is 1.97. The molecule has 0 N–H and O–H groups in total. The van der Waals surface area contributed by atoms with Gasteiger partial charge >= 0.3 is 0 Å². The monoisotopic (exact) mass is 245 g/mol. The summed E-state index contributed by atoms with van der Waals surface area (Å²) in [5.74, 6) is 0. The molecule has 1 aromatic carbocycles. The molecule has 15 heavy (non-hydrogen) atoms. The second-order valence-electron chi connectivity index (χ2n) is 3.42. The fraction of sp³-hybridized carbons (Fsp3) is 0.400. The molecule has 0 fully saturated rings. The number of aryl methyl sites for hydroxylation is 1. The van der Waals surface area contributed by atoms with Gasteiger partial charge in [-0.1, -0.05) is 0 Å². The lowest BCUT2D eigenvalue weighted by molar-refractivity contribution is 0.520. The average molecular weight is 245 g/mol. The van der Waals surface area contributed by atoms with Gasteiger partial charge < -0.3 is 0 Å². The molecule has 0 spiro atoms. The molecule has 0 saturated carbocycles. The second kappa shape index (κ2) is 4.55. The third-order valence-electron chi connectivity index (χ3n) is 2.14. The summed E-state index contributed by atoms with van der Waals surface area (Å²) < 4.78 is 25.0. The van der Waals surface area contributed by atoms with Gasteiger partial charge in [-0.2, -0.15) is 0 Å². The number of nitrogens with zero attached hydrogens (tertiary/aromatic N) is 1. The lowest BCUT2D eigenvalue weighted by Crippen LogP contribution is -2.22. The topological polar surface area (TPSA) is 37.4 Å². The smallest absolute Gasteiger partial charge is 0.207 e. The maximum atomic E-state index is 11.9. The van der Waals surface area contributed by atoms with E-state index in [2.05, 4.69) is 0 Å². The average Bonchev–Trinajstić information content (AvgIpc) is 2.16. The van der Waals surface area contributed by atoms with Gasteiger partial charge in [-0.05, 0) is 36.9 Å². The van der Waals surface area contributed by atoms with Gasteiger partial charge in [0.15, 0.2) is 0 Å². The molecule has 0 saturated heterocycles. The SMILES string of the molecule is CSc1ccc(S(=O)(=O)N(C)C)c(C)c1. The zero-order valence-electron chi connectivity index (χ0n) is 9.31. The van der Waals surface area contributed by atoms with Gasteiger partial charge in [0.2, 0.25) is 10.0 Å². The molecule has 0 heterocycles. The second-order valence-corrected chi connectivity index (χ2v) is 6.42. The van der Waals surface area contributed by atoms with E-state index in [0.29, 0.717) is 4.90 Å². The van der Waals surface area contributed by atoms with Crippen molar-refractivity contribution in [1.29, 1.82) is 0 Å². The zero-order chi connectivity index (χ0) is 11.6. The van der Waals surface area contributed by atoms with E-state index in [9.17, 15) is 8.42 Å². The van der Waals surface area contributed by atoms with Crippen LogP contribution >= 0.6 is 11.8 Å². The van der Waals surface area contributed by atoms with E-state index in [1.54, 1.807) is 17.8 Å². The molecule has 1 aromatic rings. The minimum Gasteiger partial charge on any atom is -0.207 e. The molecule has 0 aliphatic heterocycles. The molecule has 0 aliphatic carbocycles. The number of thioether (sulfide) groups is 1. The lowest BCUT2D eigenvalue weighted by atomic mass is 10.2. The van der Waals surface area contributed by atoms with Gasteiger partial charge in [0.25, 0.3) is 0 Å². The van der Waals surface area contributed by atoms with Crippen LogP contribution < -0.4 is 0 Å². The van der Waals surface area contributed by atoms with Crippen LogP contribution in [0.15, 0.2) is 28.0 Å². The lowest BCUT2D eigenvalue weighted by Gasteiger charge is -2.13. The van der Waals surface area contributed by atoms with Crippen LogP contribution in [0.1, 0.15) is 5.56 Å². The molecule has 84 valence electrons. The Morgan fingerprint density at radius 3 is 2.27 bits per heavy atom. The summed E-state index contributed by atoms with van der Waals surface area (Å²) in [5.41, 5.74) is 0.788. The van der Waals surface area contributed by atoms with E-state index >= 15 is 0 Å². The Morgan fingerprint density at radius 1 is 1.27 bits per heavy atom. The van der Waals surface area contributed by atoms with Gasteiger partial charge in [0.1, 0.15) is 0 Å². The first-order valence-electron chi connectivity index (χ1n) is 4.46. The van der Waals surface area contributed by atoms with Gasteiger partial charge in [-0.3, -0.25) is 0 Å². The maximum Gasteiger partial charge on any atom is 0.242 e. The normalized spacial score (nSPS) is 12.1. The van der Waals surface area contributed by atoms with Crippen molar-refractivity contribution in [2.75, 3.05) is 20.4 Å². The van der Waals surface area contributed by atoms with Crippen LogP contribution in [-0.4, -0.2) is 33.1 Å². The van der Waals surface area contributed by atoms with Crippen molar-refractivity contribution in [3.63, 3.8) is 0 Å². The van der Waals surface area contributed by atoms with E-state index < -0.39 is 10.0 Å². The molecule has 1 rings (SSSR count). The highest BCUT2D eigenvalue weighted by molar-refractivity contribution is 7.98. The highest BCUT2D eigenvalue weighted by atomic mass is 32.2. The van der Waals surface area contributed by atoms with Crippen molar-refractivity contribution in [1.82, 2.24) is 4.31 Å². The largest absolute Gasteiger partial charge is 0.242 e. The first-order valence-corrected chi connectivity index (χ1v) is 7.13. The Kier molecular flexibility index (Phi) is 3.81. The maximum absolute atomic E-state index is 11.9. The minimum absolute atomic E-state index is 0.380. The molecule has 0 aromatic heterocycles. The summed E-state index contributed by atoms with van der Waals surface area (Å²) in [5, 5.41) is 0. The standard InChI is InChI=1S/C10H15NO2S2/c1-8-7-9(14-4)5-6-10(8)15(12,13)11(2)3/h5-7H,1-4H3. The quantitative estimate of drug-likeness (QED) is 0.764. The predicted molar refractivity (Wildman–Crippen MR) is 63.8 cm³/mol. The molecule has 5 heteroatoms. The number of benzene rings is 1. The molecule has 0 radical (unpaired) electrons. The molecule has 0 unspecified atom stereocenters. The van der Waals surface area contributed by atoms with Crippen molar-refractivity contribution in [3.8, 4) is 0 Å². The van der Waals surface area contributed by atoms with Crippen LogP contribution in [0.4, 0.5) is 0 Å². The molecule has 0 aliphatic rings. The van der Waals surface area contributed by atoms with Crippen molar-refractivity contribution in [3.05, 3.63) is 23.8 Å². The van der Waals surface area contributed by atoms with Crippen molar-refractivity contribution >= 4 is 21.8 Å². The predicted octanol–water partition coefficient (Wildman–Crippen LogP) is 1.97. The summed E-state index contributed by atoms with van der Waals surface area (Å²) in [4.78, 5) is 1.45. The summed E-state index contributed by atoms with van der Waals surface area (Å²) in [7, 11) is -0.231. The zero-order valence-corrected chi connectivity index (χ0v) is 10.9. The van der Waals surface area contributed by atoms with Crippen LogP contribution in [0.3, 0.4) is 0 Å². The fourth-order valence-corrected chi connectivity index (χ4v) is 2.83. The first-order chi connectivity index (χ1) is 6.89. The Labute approximate surface area is 95.5 Å². The van der Waals surface area contributed by atoms with Crippen LogP contribution in [0.2, 0.25) is 0 Å². The fourth-order valence-electron chi connectivity index (χ4n) is 1.23. The number of hydrogen-bond donors (Lipinski definition) is 0. The Hall–Kier alpha value is -0.520. The van der Waals surface area contributed by atoms with E-state index in [-0.39, 0.29) is 0 Å². The van der Waals surface area contributed by atoms with E-state index in [1.165, 1.54) is 18.4 Å². The molecular formula is C10H15NO2S2. The summed E-state index contributed by atoms with van der Waals surface area (Å²) >= 11 is 1.60. The number of hydrogen-bond acceptors (Lipinski definition) is 3. The van der Waals surface area contributed by atoms with Crippen molar-refractivity contribution in [2.24, 2.45) is 0 Å². The van der Waals surface area contributed by atoms with Crippen LogP contribution in [0.25, 0.3) is 0 Å². The third kappa shape index (κ3) is 2.53.